The minimum atomic E-state index is -0.252. The zero-order valence-corrected chi connectivity index (χ0v) is 14.7. The van der Waals surface area contributed by atoms with Gasteiger partial charge in [0, 0.05) is 5.54 Å². The number of hydrogen-bond acceptors (Lipinski definition) is 3. The molecule has 1 aromatic carbocycles. The molecule has 0 radical (unpaired) electrons. The topological polar surface area (TPSA) is 47.6 Å². The summed E-state index contributed by atoms with van der Waals surface area (Å²) in [5, 5.41) is 3.03. The van der Waals surface area contributed by atoms with Crippen LogP contribution in [0, 0.1) is 5.41 Å². The molecule has 1 N–H and O–H groups in total. The van der Waals surface area contributed by atoms with E-state index < -0.39 is 0 Å². The van der Waals surface area contributed by atoms with Crippen molar-refractivity contribution in [1.82, 2.24) is 5.32 Å². The van der Waals surface area contributed by atoms with Crippen molar-refractivity contribution in [2.45, 2.75) is 53.5 Å². The van der Waals surface area contributed by atoms with E-state index in [1.807, 2.05) is 32.9 Å². The van der Waals surface area contributed by atoms with Crippen molar-refractivity contribution in [2.24, 2.45) is 5.41 Å². The molecule has 1 aromatic rings. The Balaban J connectivity index is 2.45. The molecule has 0 aromatic heterocycles. The molecule has 0 fully saturated rings. The molecule has 22 heavy (non-hydrogen) atoms. The van der Waals surface area contributed by atoms with Crippen molar-refractivity contribution >= 4 is 5.91 Å². The number of ether oxygens (including phenoxy) is 2. The lowest BCUT2D eigenvalue weighted by Crippen LogP contribution is -2.47. The number of rotatable bonds is 7. The number of amides is 1. The van der Waals surface area contributed by atoms with Gasteiger partial charge in [-0.15, -0.1) is 0 Å². The zero-order chi connectivity index (χ0) is 16.8. The molecule has 0 heterocycles. The van der Waals surface area contributed by atoms with Gasteiger partial charge in [0.25, 0.3) is 5.91 Å². The minimum absolute atomic E-state index is 0.0154. The second kappa shape index (κ2) is 7.52. The van der Waals surface area contributed by atoms with Gasteiger partial charge in [-0.05, 0) is 56.9 Å². The highest BCUT2D eigenvalue weighted by molar-refractivity contribution is 5.78. The molecule has 0 aliphatic rings. The molecule has 0 aliphatic heterocycles. The van der Waals surface area contributed by atoms with Crippen LogP contribution in [0.25, 0.3) is 0 Å². The zero-order valence-electron chi connectivity index (χ0n) is 14.7. The number of carbonyl (C=O) groups excluding carboxylic acids is 1. The maximum Gasteiger partial charge on any atom is 0.258 e. The fourth-order valence-electron chi connectivity index (χ4n) is 2.73. The standard InChI is InChI=1S/C18H29NO3/c1-7-21-14-8-10-15(11-9-14)22-12-16(20)19-18(5,6)13-17(2,3)4/h8-11H,7,12-13H2,1-6H3,(H,19,20). The molecule has 124 valence electrons. The first-order valence-electron chi connectivity index (χ1n) is 7.78. The van der Waals surface area contributed by atoms with Crippen LogP contribution in [-0.4, -0.2) is 24.7 Å². The van der Waals surface area contributed by atoms with Crippen LogP contribution in [0.15, 0.2) is 24.3 Å². The van der Waals surface area contributed by atoms with Crippen molar-refractivity contribution in [3.05, 3.63) is 24.3 Å². The molecule has 0 saturated heterocycles. The van der Waals surface area contributed by atoms with E-state index in [0.717, 1.165) is 12.2 Å². The summed E-state index contributed by atoms with van der Waals surface area (Å²) in [7, 11) is 0. The Kier molecular flexibility index (Phi) is 6.27. The Bertz CT molecular complexity index is 472. The Hall–Kier alpha value is -1.71. The van der Waals surface area contributed by atoms with E-state index >= 15 is 0 Å². The molecule has 0 atom stereocenters. The second-order valence-electron chi connectivity index (χ2n) is 7.36. The number of benzene rings is 1. The van der Waals surface area contributed by atoms with Crippen molar-refractivity contribution in [2.75, 3.05) is 13.2 Å². The van der Waals surface area contributed by atoms with Crippen LogP contribution < -0.4 is 14.8 Å². The smallest absolute Gasteiger partial charge is 0.258 e. The van der Waals surface area contributed by atoms with Crippen LogP contribution in [-0.2, 0) is 4.79 Å². The summed E-state index contributed by atoms with van der Waals surface area (Å²) in [6.07, 6.45) is 0.898. The third-order valence-electron chi connectivity index (χ3n) is 2.95. The summed E-state index contributed by atoms with van der Waals surface area (Å²) < 4.78 is 10.9. The van der Waals surface area contributed by atoms with Crippen LogP contribution in [0.2, 0.25) is 0 Å². The molecule has 4 heteroatoms. The van der Waals surface area contributed by atoms with Crippen molar-refractivity contribution in [1.29, 1.82) is 0 Å². The molecule has 0 aliphatic carbocycles. The van der Waals surface area contributed by atoms with Gasteiger partial charge in [-0.3, -0.25) is 4.79 Å². The summed E-state index contributed by atoms with van der Waals surface area (Å²) in [6, 6.07) is 7.28. The number of nitrogens with one attached hydrogen (secondary N) is 1. The predicted octanol–water partition coefficient (Wildman–Crippen LogP) is 3.80. The van der Waals surface area contributed by atoms with E-state index in [9.17, 15) is 4.79 Å². The first-order chi connectivity index (χ1) is 10.1. The SMILES string of the molecule is CCOc1ccc(OCC(=O)NC(C)(C)CC(C)(C)C)cc1. The lowest BCUT2D eigenvalue weighted by molar-refractivity contribution is -0.125. The highest BCUT2D eigenvalue weighted by Gasteiger charge is 2.26. The third-order valence-corrected chi connectivity index (χ3v) is 2.95. The van der Waals surface area contributed by atoms with Crippen LogP contribution in [0.3, 0.4) is 0 Å². The van der Waals surface area contributed by atoms with Gasteiger partial charge in [0.2, 0.25) is 0 Å². The maximum atomic E-state index is 12.0. The van der Waals surface area contributed by atoms with Crippen LogP contribution in [0.4, 0.5) is 0 Å². The molecule has 1 amide bonds. The largest absolute Gasteiger partial charge is 0.494 e. The summed E-state index contributed by atoms with van der Waals surface area (Å²) in [4.78, 5) is 12.0. The summed E-state index contributed by atoms with van der Waals surface area (Å²) >= 11 is 0. The Labute approximate surface area is 134 Å². The van der Waals surface area contributed by atoms with Gasteiger partial charge in [-0.1, -0.05) is 20.8 Å². The van der Waals surface area contributed by atoms with Crippen LogP contribution in [0.1, 0.15) is 48.0 Å². The van der Waals surface area contributed by atoms with E-state index in [-0.39, 0.29) is 23.5 Å². The van der Waals surface area contributed by atoms with Crippen molar-refractivity contribution < 1.29 is 14.3 Å². The maximum absolute atomic E-state index is 12.0. The van der Waals surface area contributed by atoms with Crippen molar-refractivity contribution in [3.63, 3.8) is 0 Å². The average Bonchev–Trinajstić information content (AvgIpc) is 2.34. The van der Waals surface area contributed by atoms with Gasteiger partial charge in [0.15, 0.2) is 6.61 Å². The van der Waals surface area contributed by atoms with E-state index in [4.69, 9.17) is 9.47 Å². The summed E-state index contributed by atoms with van der Waals surface area (Å²) in [5.41, 5.74) is -0.0930. The first-order valence-corrected chi connectivity index (χ1v) is 7.78. The van der Waals surface area contributed by atoms with Gasteiger partial charge in [0.05, 0.1) is 6.61 Å². The molecule has 0 bridgehead atoms. The molecule has 0 unspecified atom stereocenters. The van der Waals surface area contributed by atoms with Gasteiger partial charge < -0.3 is 14.8 Å². The fourth-order valence-corrected chi connectivity index (χ4v) is 2.73. The molecule has 0 saturated carbocycles. The normalized spacial score (nSPS) is 11.9. The number of carbonyl (C=O) groups is 1. The monoisotopic (exact) mass is 307 g/mol. The highest BCUT2D eigenvalue weighted by atomic mass is 16.5. The first kappa shape index (κ1) is 18.3. The van der Waals surface area contributed by atoms with Crippen molar-refractivity contribution in [3.8, 4) is 11.5 Å². The minimum Gasteiger partial charge on any atom is -0.494 e. The molecule has 4 nitrogen and oxygen atoms in total. The number of hydrogen-bond donors (Lipinski definition) is 1. The Morgan fingerprint density at radius 2 is 1.50 bits per heavy atom. The molecular weight excluding hydrogens is 278 g/mol. The molecule has 0 spiro atoms. The Morgan fingerprint density at radius 3 is 1.95 bits per heavy atom. The van der Waals surface area contributed by atoms with Crippen LogP contribution >= 0.6 is 0 Å². The van der Waals surface area contributed by atoms with Gasteiger partial charge >= 0.3 is 0 Å². The third kappa shape index (κ3) is 7.34. The second-order valence-corrected chi connectivity index (χ2v) is 7.36. The van der Waals surface area contributed by atoms with Crippen LogP contribution in [0.5, 0.6) is 11.5 Å². The highest BCUT2D eigenvalue weighted by Crippen LogP contribution is 2.26. The predicted molar refractivity (Wildman–Crippen MR) is 89.4 cm³/mol. The molecule has 1 rings (SSSR count). The fraction of sp³-hybridized carbons (Fsp3) is 0.611. The average molecular weight is 307 g/mol. The Morgan fingerprint density at radius 1 is 1.00 bits per heavy atom. The van der Waals surface area contributed by atoms with Gasteiger partial charge in [-0.25, -0.2) is 0 Å². The summed E-state index contributed by atoms with van der Waals surface area (Å²) in [6.45, 7) is 13.1. The lowest BCUT2D eigenvalue weighted by atomic mass is 9.82. The quantitative estimate of drug-likeness (QED) is 0.833. The summed E-state index contributed by atoms with van der Waals surface area (Å²) in [5.74, 6) is 1.35. The van der Waals surface area contributed by atoms with E-state index in [1.165, 1.54) is 0 Å². The van der Waals surface area contributed by atoms with E-state index in [1.54, 1.807) is 12.1 Å². The van der Waals surface area contributed by atoms with E-state index in [0.29, 0.717) is 12.4 Å². The molecular formula is C18H29NO3. The van der Waals surface area contributed by atoms with Gasteiger partial charge in [-0.2, -0.15) is 0 Å². The lowest BCUT2D eigenvalue weighted by Gasteiger charge is -2.33. The van der Waals surface area contributed by atoms with E-state index in [2.05, 4.69) is 26.1 Å². The van der Waals surface area contributed by atoms with Gasteiger partial charge in [0.1, 0.15) is 11.5 Å².